The molecule has 0 radical (unpaired) electrons. The van der Waals surface area contributed by atoms with Crippen LogP contribution in [0.1, 0.15) is 42.6 Å². The molecule has 178 valence electrons. The van der Waals surface area contributed by atoms with E-state index in [0.29, 0.717) is 17.9 Å². The maximum Gasteiger partial charge on any atom is 0.307 e. The second kappa shape index (κ2) is 11.1. The maximum atomic E-state index is 11.2. The van der Waals surface area contributed by atoms with Crippen LogP contribution < -0.4 is 15.8 Å². The van der Waals surface area contributed by atoms with Crippen LogP contribution in [0.5, 0.6) is 5.75 Å². The smallest absolute Gasteiger partial charge is 0.307 e. The average molecular weight is 462 g/mol. The molecule has 1 aliphatic heterocycles. The molecule has 0 saturated carbocycles. The number of carboxylic acids is 1. The molecule has 0 bridgehead atoms. The maximum absolute atomic E-state index is 11.2. The zero-order valence-corrected chi connectivity index (χ0v) is 19.4. The van der Waals surface area contributed by atoms with Crippen molar-refractivity contribution in [1.29, 1.82) is 0 Å². The Hall–Kier alpha value is -3.42. The van der Waals surface area contributed by atoms with E-state index in [4.69, 9.17) is 20.2 Å². The van der Waals surface area contributed by atoms with E-state index in [-0.39, 0.29) is 18.6 Å². The molecule has 2 heterocycles. The van der Waals surface area contributed by atoms with Crippen molar-refractivity contribution in [2.45, 2.75) is 44.9 Å². The van der Waals surface area contributed by atoms with Crippen LogP contribution in [-0.2, 0) is 22.6 Å². The van der Waals surface area contributed by atoms with Crippen molar-refractivity contribution >= 4 is 11.7 Å². The molecule has 0 unspecified atom stereocenters. The molecule has 4 N–H and O–H groups in total. The number of hydrogen-bond donors (Lipinski definition) is 3. The summed E-state index contributed by atoms with van der Waals surface area (Å²) in [5, 5.41) is 12.7. The molecule has 4 rings (SSSR count). The first-order valence-electron chi connectivity index (χ1n) is 11.6. The summed E-state index contributed by atoms with van der Waals surface area (Å²) in [4.78, 5) is 16.0. The van der Waals surface area contributed by atoms with Gasteiger partial charge in [0.2, 0.25) is 0 Å². The van der Waals surface area contributed by atoms with Gasteiger partial charge in [-0.2, -0.15) is 0 Å². The van der Waals surface area contributed by atoms with E-state index in [2.05, 4.69) is 11.4 Å². The van der Waals surface area contributed by atoms with E-state index >= 15 is 0 Å². The molecule has 3 aromatic rings. The number of nitrogens with one attached hydrogen (secondary N) is 1. The summed E-state index contributed by atoms with van der Waals surface area (Å²) in [5.41, 5.74) is 11.2. The lowest BCUT2D eigenvalue weighted by atomic mass is 10.0. The molecule has 1 fully saturated rings. The van der Waals surface area contributed by atoms with E-state index in [1.54, 1.807) is 12.1 Å². The van der Waals surface area contributed by atoms with E-state index < -0.39 is 5.97 Å². The monoisotopic (exact) mass is 461 g/mol. The van der Waals surface area contributed by atoms with Gasteiger partial charge in [0.1, 0.15) is 12.4 Å². The van der Waals surface area contributed by atoms with Crippen molar-refractivity contribution in [3.05, 3.63) is 77.5 Å². The van der Waals surface area contributed by atoms with Gasteiger partial charge in [-0.3, -0.25) is 9.78 Å². The highest BCUT2D eigenvalue weighted by molar-refractivity contribution is 5.71. The molecule has 0 spiro atoms. The van der Waals surface area contributed by atoms with Crippen LogP contribution in [0.3, 0.4) is 0 Å². The van der Waals surface area contributed by atoms with Crippen molar-refractivity contribution < 1.29 is 19.4 Å². The van der Waals surface area contributed by atoms with Gasteiger partial charge in [0.15, 0.2) is 0 Å². The minimum absolute atomic E-state index is 0.0849. The number of anilines is 1. The summed E-state index contributed by atoms with van der Waals surface area (Å²) in [7, 11) is 0. The average Bonchev–Trinajstić information content (AvgIpc) is 3.36. The highest BCUT2D eigenvalue weighted by Crippen LogP contribution is 2.27. The van der Waals surface area contributed by atoms with Crippen molar-refractivity contribution in [1.82, 2.24) is 4.98 Å². The summed E-state index contributed by atoms with van der Waals surface area (Å²) in [5.74, 6) is -0.319. The highest BCUT2D eigenvalue weighted by atomic mass is 16.5. The van der Waals surface area contributed by atoms with E-state index in [9.17, 15) is 9.90 Å². The Kier molecular flexibility index (Phi) is 7.77. The predicted octanol–water partition coefficient (Wildman–Crippen LogP) is 4.57. The molecular weight excluding hydrogens is 430 g/mol. The van der Waals surface area contributed by atoms with Crippen LogP contribution in [0, 0.1) is 0 Å². The Bertz CT molecular complexity index is 1130. The quantitative estimate of drug-likeness (QED) is 0.406. The zero-order chi connectivity index (χ0) is 23.9. The van der Waals surface area contributed by atoms with E-state index in [1.807, 2.05) is 49.4 Å². The number of aromatic nitrogens is 1. The van der Waals surface area contributed by atoms with Gasteiger partial charge >= 0.3 is 5.97 Å². The molecular formula is C27H31N3O4. The van der Waals surface area contributed by atoms with Crippen molar-refractivity contribution in [2.24, 2.45) is 5.73 Å². The number of para-hydroxylation sites is 1. The van der Waals surface area contributed by atoms with Crippen molar-refractivity contribution in [2.75, 3.05) is 18.5 Å². The normalized spacial score (nSPS) is 16.2. The van der Waals surface area contributed by atoms with Gasteiger partial charge in [-0.25, -0.2) is 0 Å². The van der Waals surface area contributed by atoms with Crippen LogP contribution in [0.15, 0.2) is 60.7 Å². The van der Waals surface area contributed by atoms with Gasteiger partial charge in [0.05, 0.1) is 23.9 Å². The Morgan fingerprint density at radius 2 is 2.09 bits per heavy atom. The van der Waals surface area contributed by atoms with Gasteiger partial charge in [0, 0.05) is 36.0 Å². The molecule has 7 heteroatoms. The molecule has 0 amide bonds. The number of rotatable bonds is 10. The van der Waals surface area contributed by atoms with Crippen molar-refractivity contribution in [3.63, 3.8) is 0 Å². The zero-order valence-electron chi connectivity index (χ0n) is 19.4. The first-order chi connectivity index (χ1) is 16.5. The first kappa shape index (κ1) is 23.7. The molecule has 0 aliphatic carbocycles. The number of carboxylic acid groups (broad SMARTS) is 1. The number of carbonyl (C=O) groups is 1. The number of nitrogens with zero attached hydrogens (tertiary/aromatic N) is 1. The van der Waals surface area contributed by atoms with E-state index in [1.165, 1.54) is 0 Å². The standard InChI is InChI=1S/C27H31N3O4/c1-18(28)24-8-4-9-25(30-24)21-12-19(13-22(14-21)29-16-23-7-5-11-33-23)17-34-26-10-3-2-6-20(26)15-27(31)32/h2-4,6,8-10,12-14,18,23,29H,5,7,11,15-17,28H2,1H3,(H,31,32)/t18-,23-/m1/s1. The van der Waals surface area contributed by atoms with Gasteiger partial charge in [-0.05, 0) is 61.7 Å². The van der Waals surface area contributed by atoms with Crippen molar-refractivity contribution in [3.8, 4) is 17.0 Å². The fraction of sp³-hybridized carbons (Fsp3) is 0.333. The summed E-state index contributed by atoms with van der Waals surface area (Å²) in [6, 6.07) is 19.1. The van der Waals surface area contributed by atoms with Crippen LogP contribution in [0.25, 0.3) is 11.3 Å². The van der Waals surface area contributed by atoms with E-state index in [0.717, 1.165) is 54.2 Å². The van der Waals surface area contributed by atoms with Gasteiger partial charge in [-0.1, -0.05) is 24.3 Å². The Morgan fingerprint density at radius 1 is 1.24 bits per heavy atom. The lowest BCUT2D eigenvalue weighted by molar-refractivity contribution is -0.136. The summed E-state index contributed by atoms with van der Waals surface area (Å²) in [6.45, 7) is 3.76. The molecule has 2 aromatic carbocycles. The minimum Gasteiger partial charge on any atom is -0.489 e. The predicted molar refractivity (Wildman–Crippen MR) is 132 cm³/mol. The third kappa shape index (κ3) is 6.34. The lowest BCUT2D eigenvalue weighted by Crippen LogP contribution is -2.18. The number of benzene rings is 2. The molecule has 1 saturated heterocycles. The summed E-state index contributed by atoms with van der Waals surface area (Å²) < 4.78 is 11.8. The Balaban J connectivity index is 1.59. The third-order valence-electron chi connectivity index (χ3n) is 5.79. The minimum atomic E-state index is -0.890. The molecule has 1 aromatic heterocycles. The largest absolute Gasteiger partial charge is 0.489 e. The fourth-order valence-corrected chi connectivity index (χ4v) is 4.04. The Morgan fingerprint density at radius 3 is 2.85 bits per heavy atom. The molecule has 7 nitrogen and oxygen atoms in total. The third-order valence-corrected chi connectivity index (χ3v) is 5.79. The van der Waals surface area contributed by atoms with Crippen LogP contribution in [-0.4, -0.2) is 35.3 Å². The molecule has 34 heavy (non-hydrogen) atoms. The lowest BCUT2D eigenvalue weighted by Gasteiger charge is -2.16. The SMILES string of the molecule is C[C@@H](N)c1cccc(-c2cc(COc3ccccc3CC(=O)O)cc(NC[C@H]3CCCO3)c2)n1. The van der Waals surface area contributed by atoms with Crippen LogP contribution in [0.2, 0.25) is 0 Å². The number of pyridine rings is 1. The second-order valence-electron chi connectivity index (χ2n) is 8.64. The van der Waals surface area contributed by atoms with Gasteiger partial charge in [0.25, 0.3) is 0 Å². The number of nitrogens with two attached hydrogens (primary N) is 1. The van der Waals surface area contributed by atoms with Gasteiger partial charge in [-0.15, -0.1) is 0 Å². The molecule has 1 aliphatic rings. The van der Waals surface area contributed by atoms with Crippen LogP contribution in [0.4, 0.5) is 5.69 Å². The second-order valence-corrected chi connectivity index (χ2v) is 8.64. The topological polar surface area (TPSA) is 107 Å². The Labute approximate surface area is 199 Å². The molecule has 2 atom stereocenters. The highest BCUT2D eigenvalue weighted by Gasteiger charge is 2.16. The fourth-order valence-electron chi connectivity index (χ4n) is 4.04. The first-order valence-corrected chi connectivity index (χ1v) is 11.6. The summed E-state index contributed by atoms with van der Waals surface area (Å²) in [6.07, 6.45) is 2.28. The number of ether oxygens (including phenoxy) is 2. The van der Waals surface area contributed by atoms with Gasteiger partial charge < -0.3 is 25.6 Å². The summed E-state index contributed by atoms with van der Waals surface area (Å²) >= 11 is 0. The van der Waals surface area contributed by atoms with Crippen LogP contribution >= 0.6 is 0 Å². The number of hydrogen-bond acceptors (Lipinski definition) is 6. The number of aliphatic carboxylic acids is 1.